The Kier molecular flexibility index (Phi) is 6.83. The van der Waals surface area contributed by atoms with Gasteiger partial charge in [0.2, 0.25) is 0 Å². The van der Waals surface area contributed by atoms with Crippen LogP contribution in [-0.2, 0) is 17.8 Å². The molecule has 7 nitrogen and oxygen atoms in total. The summed E-state index contributed by atoms with van der Waals surface area (Å²) < 4.78 is 7.27. The molecule has 0 bridgehead atoms. The van der Waals surface area contributed by atoms with Gasteiger partial charge in [-0.3, -0.25) is 0 Å². The summed E-state index contributed by atoms with van der Waals surface area (Å²) in [5.74, 6) is 1.74. The SMILES string of the molecule is CCNC(=NCc1nncn1CC)NCC1(CCOC)CCC1. The molecule has 2 N–H and O–H groups in total. The Hall–Kier alpha value is -1.63. The molecule has 7 heteroatoms. The minimum Gasteiger partial charge on any atom is -0.385 e. The quantitative estimate of drug-likeness (QED) is 0.533. The number of aliphatic imine (C=N–C) groups is 1. The van der Waals surface area contributed by atoms with Crippen molar-refractivity contribution in [1.82, 2.24) is 25.4 Å². The van der Waals surface area contributed by atoms with Gasteiger partial charge in [0.15, 0.2) is 11.8 Å². The number of nitrogens with one attached hydrogen (secondary N) is 2. The van der Waals surface area contributed by atoms with Gasteiger partial charge >= 0.3 is 0 Å². The summed E-state index contributed by atoms with van der Waals surface area (Å²) in [7, 11) is 1.77. The van der Waals surface area contributed by atoms with Crippen LogP contribution >= 0.6 is 0 Å². The van der Waals surface area contributed by atoms with Crippen LogP contribution in [0.2, 0.25) is 0 Å². The van der Waals surface area contributed by atoms with Crippen LogP contribution in [0.3, 0.4) is 0 Å². The van der Waals surface area contributed by atoms with Crippen molar-refractivity contribution in [2.24, 2.45) is 10.4 Å². The van der Waals surface area contributed by atoms with E-state index in [9.17, 15) is 0 Å². The number of rotatable bonds is 9. The summed E-state index contributed by atoms with van der Waals surface area (Å²) in [4.78, 5) is 4.65. The lowest BCUT2D eigenvalue weighted by Crippen LogP contribution is -2.47. The summed E-state index contributed by atoms with van der Waals surface area (Å²) in [6, 6.07) is 0. The van der Waals surface area contributed by atoms with Gasteiger partial charge in [-0.2, -0.15) is 0 Å². The summed E-state index contributed by atoms with van der Waals surface area (Å²) >= 11 is 0. The van der Waals surface area contributed by atoms with E-state index in [0.29, 0.717) is 12.0 Å². The predicted molar refractivity (Wildman–Crippen MR) is 91.3 cm³/mol. The van der Waals surface area contributed by atoms with Crippen molar-refractivity contribution in [3.05, 3.63) is 12.2 Å². The highest BCUT2D eigenvalue weighted by molar-refractivity contribution is 5.79. The molecule has 0 unspecified atom stereocenters. The van der Waals surface area contributed by atoms with E-state index in [-0.39, 0.29) is 0 Å². The molecule has 1 aliphatic rings. The normalized spacial score (nSPS) is 16.9. The van der Waals surface area contributed by atoms with Gasteiger partial charge in [0, 0.05) is 33.4 Å². The van der Waals surface area contributed by atoms with Crippen molar-refractivity contribution in [3.8, 4) is 0 Å². The molecule has 1 heterocycles. The van der Waals surface area contributed by atoms with E-state index in [1.165, 1.54) is 19.3 Å². The standard InChI is InChI=1S/C16H30N6O/c1-4-17-15(18-11-14-21-20-13-22(14)5-2)19-12-16(7-6-8-16)9-10-23-3/h13H,4-12H2,1-3H3,(H2,17,18,19). The molecule has 2 rings (SSSR count). The largest absolute Gasteiger partial charge is 0.385 e. The van der Waals surface area contributed by atoms with Crippen LogP contribution < -0.4 is 10.6 Å². The highest BCUT2D eigenvalue weighted by Crippen LogP contribution is 2.43. The molecule has 0 aliphatic heterocycles. The Balaban J connectivity index is 1.91. The molecule has 0 spiro atoms. The van der Waals surface area contributed by atoms with E-state index < -0.39 is 0 Å². The predicted octanol–water partition coefficient (Wildman–Crippen LogP) is 1.56. The first-order valence-corrected chi connectivity index (χ1v) is 8.61. The van der Waals surface area contributed by atoms with E-state index in [4.69, 9.17) is 4.74 Å². The Morgan fingerprint density at radius 1 is 1.39 bits per heavy atom. The molecular weight excluding hydrogens is 292 g/mol. The van der Waals surface area contributed by atoms with Gasteiger partial charge in [-0.15, -0.1) is 10.2 Å². The number of aromatic nitrogens is 3. The van der Waals surface area contributed by atoms with Crippen molar-refractivity contribution in [3.63, 3.8) is 0 Å². The van der Waals surface area contributed by atoms with Crippen LogP contribution in [0.5, 0.6) is 0 Å². The van der Waals surface area contributed by atoms with Crippen LogP contribution in [0.25, 0.3) is 0 Å². The number of guanidine groups is 1. The monoisotopic (exact) mass is 322 g/mol. The fraction of sp³-hybridized carbons (Fsp3) is 0.812. The number of methoxy groups -OCH3 is 1. The van der Waals surface area contributed by atoms with E-state index in [0.717, 1.165) is 44.4 Å². The molecule has 0 amide bonds. The zero-order valence-electron chi connectivity index (χ0n) is 14.6. The molecule has 0 radical (unpaired) electrons. The van der Waals surface area contributed by atoms with E-state index in [2.05, 4.69) is 39.7 Å². The smallest absolute Gasteiger partial charge is 0.191 e. The average Bonchev–Trinajstić information content (AvgIpc) is 2.98. The molecule has 23 heavy (non-hydrogen) atoms. The minimum atomic E-state index is 0.371. The Morgan fingerprint density at radius 2 is 2.22 bits per heavy atom. The maximum absolute atomic E-state index is 5.26. The van der Waals surface area contributed by atoms with Crippen LogP contribution in [0, 0.1) is 5.41 Å². The van der Waals surface area contributed by atoms with Gasteiger partial charge in [-0.1, -0.05) is 6.42 Å². The second-order valence-electron chi connectivity index (χ2n) is 6.18. The molecule has 1 aromatic heterocycles. The number of nitrogens with zero attached hydrogens (tertiary/aromatic N) is 4. The molecule has 1 aliphatic carbocycles. The molecule has 1 fully saturated rings. The van der Waals surface area contributed by atoms with Crippen LogP contribution in [0.15, 0.2) is 11.3 Å². The molecule has 0 aromatic carbocycles. The minimum absolute atomic E-state index is 0.371. The van der Waals surface area contributed by atoms with E-state index in [1.807, 2.05) is 4.57 Å². The highest BCUT2D eigenvalue weighted by Gasteiger charge is 2.36. The first-order chi connectivity index (χ1) is 11.2. The third-order valence-corrected chi connectivity index (χ3v) is 4.64. The first kappa shape index (κ1) is 17.7. The molecular formula is C16H30N6O. The molecule has 0 saturated heterocycles. The highest BCUT2D eigenvalue weighted by atomic mass is 16.5. The number of aryl methyl sites for hydroxylation is 1. The number of hydrogen-bond donors (Lipinski definition) is 2. The van der Waals surface area contributed by atoms with Crippen LogP contribution in [-0.4, -0.2) is 47.5 Å². The summed E-state index contributed by atoms with van der Waals surface area (Å²) in [5.41, 5.74) is 0.371. The lowest BCUT2D eigenvalue weighted by atomic mass is 9.67. The maximum atomic E-state index is 5.26. The van der Waals surface area contributed by atoms with Gasteiger partial charge in [-0.25, -0.2) is 4.99 Å². The first-order valence-electron chi connectivity index (χ1n) is 8.61. The van der Waals surface area contributed by atoms with E-state index >= 15 is 0 Å². The zero-order chi connectivity index (χ0) is 16.5. The summed E-state index contributed by atoms with van der Waals surface area (Å²) in [5, 5.41) is 14.9. The van der Waals surface area contributed by atoms with Crippen molar-refractivity contribution in [2.75, 3.05) is 26.8 Å². The summed E-state index contributed by atoms with van der Waals surface area (Å²) in [6.45, 7) is 8.18. The molecule has 0 atom stereocenters. The topological polar surface area (TPSA) is 76.4 Å². The summed E-state index contributed by atoms with van der Waals surface area (Å²) in [6.07, 6.45) is 6.72. The average molecular weight is 322 g/mol. The third-order valence-electron chi connectivity index (χ3n) is 4.64. The van der Waals surface area contributed by atoms with Gasteiger partial charge < -0.3 is 19.9 Å². The van der Waals surface area contributed by atoms with Crippen molar-refractivity contribution in [1.29, 1.82) is 0 Å². The second kappa shape index (κ2) is 8.86. The lowest BCUT2D eigenvalue weighted by molar-refractivity contribution is 0.0732. The van der Waals surface area contributed by atoms with Crippen LogP contribution in [0.1, 0.15) is 45.4 Å². The van der Waals surface area contributed by atoms with Gasteiger partial charge in [0.1, 0.15) is 12.9 Å². The van der Waals surface area contributed by atoms with Crippen molar-refractivity contribution in [2.45, 2.75) is 52.6 Å². The fourth-order valence-corrected chi connectivity index (χ4v) is 2.94. The maximum Gasteiger partial charge on any atom is 0.191 e. The van der Waals surface area contributed by atoms with E-state index in [1.54, 1.807) is 13.4 Å². The van der Waals surface area contributed by atoms with Crippen molar-refractivity contribution >= 4 is 5.96 Å². The Morgan fingerprint density at radius 3 is 2.83 bits per heavy atom. The van der Waals surface area contributed by atoms with Gasteiger partial charge in [-0.05, 0) is 38.5 Å². The number of hydrogen-bond acceptors (Lipinski definition) is 4. The van der Waals surface area contributed by atoms with Crippen molar-refractivity contribution < 1.29 is 4.74 Å². The van der Waals surface area contributed by atoms with Gasteiger partial charge in [0.05, 0.1) is 0 Å². The molecule has 1 saturated carbocycles. The zero-order valence-corrected chi connectivity index (χ0v) is 14.6. The Bertz CT molecular complexity index is 495. The van der Waals surface area contributed by atoms with Gasteiger partial charge in [0.25, 0.3) is 0 Å². The number of ether oxygens (including phenoxy) is 1. The lowest BCUT2D eigenvalue weighted by Gasteiger charge is -2.42. The molecule has 1 aromatic rings. The second-order valence-corrected chi connectivity index (χ2v) is 6.18. The molecule has 130 valence electrons. The Labute approximate surface area is 138 Å². The fourth-order valence-electron chi connectivity index (χ4n) is 2.94. The third kappa shape index (κ3) is 4.92. The van der Waals surface area contributed by atoms with Crippen LogP contribution in [0.4, 0.5) is 0 Å².